The van der Waals surface area contributed by atoms with Gasteiger partial charge in [0, 0.05) is 50.1 Å². The van der Waals surface area contributed by atoms with E-state index in [0.717, 1.165) is 32.2 Å². The largest absolute Gasteiger partial charge is 0.365 e. The van der Waals surface area contributed by atoms with Gasteiger partial charge in [0.2, 0.25) is 10.0 Å². The molecule has 2 saturated heterocycles. The molecule has 0 radical (unpaired) electrons. The molecular weight excluding hydrogens is 436 g/mol. The van der Waals surface area contributed by atoms with Crippen LogP contribution in [-0.2, 0) is 10.0 Å². The van der Waals surface area contributed by atoms with Crippen LogP contribution in [0.25, 0.3) is 0 Å². The number of nitrogens with zero attached hydrogens (tertiary/aromatic N) is 3. The SMILES string of the molecule is Cc1cccc(N2CCN(C(=O)c3[nH]c(C)c(S(=O)(=O)N4CCCCCC4)c3C)C[C@@H]2C)c1. The fourth-order valence-corrected chi connectivity index (χ4v) is 7.16. The fraction of sp³-hybridized carbons (Fsp3) is 0.560. The molecule has 1 aromatic heterocycles. The molecule has 1 N–H and O–H groups in total. The maximum absolute atomic E-state index is 13.5. The van der Waals surface area contributed by atoms with E-state index in [0.29, 0.717) is 43.1 Å². The second-order valence-electron chi connectivity index (χ2n) is 9.53. The van der Waals surface area contributed by atoms with Crippen molar-refractivity contribution in [2.75, 3.05) is 37.6 Å². The lowest BCUT2D eigenvalue weighted by Gasteiger charge is -2.41. The van der Waals surface area contributed by atoms with Crippen LogP contribution >= 0.6 is 0 Å². The van der Waals surface area contributed by atoms with Gasteiger partial charge in [-0.2, -0.15) is 4.31 Å². The Balaban J connectivity index is 1.54. The first kappa shape index (κ1) is 23.8. The highest BCUT2D eigenvalue weighted by Crippen LogP contribution is 2.30. The number of aromatic amines is 1. The van der Waals surface area contributed by atoms with E-state index in [2.05, 4.69) is 48.0 Å². The van der Waals surface area contributed by atoms with Crippen molar-refractivity contribution >= 4 is 21.6 Å². The van der Waals surface area contributed by atoms with E-state index in [9.17, 15) is 13.2 Å². The molecule has 8 heteroatoms. The van der Waals surface area contributed by atoms with Crippen molar-refractivity contribution in [2.45, 2.75) is 64.3 Å². The molecule has 3 heterocycles. The van der Waals surface area contributed by atoms with Crippen LogP contribution in [0.2, 0.25) is 0 Å². The van der Waals surface area contributed by atoms with Gasteiger partial charge in [0.25, 0.3) is 5.91 Å². The first-order valence-corrected chi connectivity index (χ1v) is 13.5. The topological polar surface area (TPSA) is 76.7 Å². The molecule has 0 aliphatic carbocycles. The number of amides is 1. The standard InChI is InChI=1S/C25H36N4O3S/c1-18-10-9-11-22(16-18)29-15-14-27(17-19(29)2)25(30)23-20(3)24(21(4)26-23)33(31,32)28-12-7-5-6-8-13-28/h9-11,16,19,26H,5-8,12-15,17H2,1-4H3/t19-/m0/s1. The monoisotopic (exact) mass is 472 g/mol. The number of carbonyl (C=O) groups is 1. The third-order valence-electron chi connectivity index (χ3n) is 6.99. The molecule has 7 nitrogen and oxygen atoms in total. The van der Waals surface area contributed by atoms with Crippen LogP contribution in [0.1, 0.15) is 59.9 Å². The van der Waals surface area contributed by atoms with Crippen molar-refractivity contribution in [3.8, 4) is 0 Å². The highest BCUT2D eigenvalue weighted by Gasteiger charge is 2.34. The molecule has 4 rings (SSSR count). The van der Waals surface area contributed by atoms with E-state index in [1.165, 1.54) is 11.3 Å². The molecular formula is C25H36N4O3S. The van der Waals surface area contributed by atoms with Crippen molar-refractivity contribution in [3.63, 3.8) is 0 Å². The Bertz CT molecular complexity index is 1120. The minimum absolute atomic E-state index is 0.122. The summed E-state index contributed by atoms with van der Waals surface area (Å²) in [6.07, 6.45) is 3.90. The molecule has 0 saturated carbocycles. The van der Waals surface area contributed by atoms with Gasteiger partial charge in [0.05, 0.1) is 0 Å². The molecule has 2 aliphatic heterocycles. The predicted molar refractivity (Wildman–Crippen MR) is 131 cm³/mol. The maximum atomic E-state index is 13.5. The number of hydrogen-bond donors (Lipinski definition) is 1. The number of anilines is 1. The number of nitrogens with one attached hydrogen (secondary N) is 1. The predicted octanol–water partition coefficient (Wildman–Crippen LogP) is 3.86. The van der Waals surface area contributed by atoms with Crippen molar-refractivity contribution in [1.29, 1.82) is 0 Å². The van der Waals surface area contributed by atoms with Crippen LogP contribution < -0.4 is 4.90 Å². The zero-order valence-corrected chi connectivity index (χ0v) is 21.0. The van der Waals surface area contributed by atoms with E-state index < -0.39 is 10.0 Å². The number of aryl methyl sites for hydroxylation is 2. The van der Waals surface area contributed by atoms with Crippen LogP contribution in [0, 0.1) is 20.8 Å². The quantitative estimate of drug-likeness (QED) is 0.733. The van der Waals surface area contributed by atoms with Gasteiger partial charge in [-0.1, -0.05) is 25.0 Å². The van der Waals surface area contributed by atoms with Crippen molar-refractivity contribution in [3.05, 3.63) is 46.8 Å². The smallest absolute Gasteiger partial charge is 0.270 e. The third kappa shape index (κ3) is 4.68. The minimum Gasteiger partial charge on any atom is -0.365 e. The van der Waals surface area contributed by atoms with Crippen LogP contribution in [0.5, 0.6) is 0 Å². The molecule has 1 aromatic carbocycles. The summed E-state index contributed by atoms with van der Waals surface area (Å²) in [4.78, 5) is 21.0. The van der Waals surface area contributed by atoms with E-state index in [-0.39, 0.29) is 16.8 Å². The molecule has 0 spiro atoms. The van der Waals surface area contributed by atoms with E-state index in [1.54, 1.807) is 18.2 Å². The molecule has 2 aromatic rings. The van der Waals surface area contributed by atoms with Crippen molar-refractivity contribution in [1.82, 2.24) is 14.2 Å². The number of H-pyrrole nitrogens is 1. The summed E-state index contributed by atoms with van der Waals surface area (Å²) in [6.45, 7) is 10.8. The molecule has 0 unspecified atom stereocenters. The molecule has 2 aliphatic rings. The fourth-order valence-electron chi connectivity index (χ4n) is 5.24. The van der Waals surface area contributed by atoms with Crippen molar-refractivity contribution < 1.29 is 13.2 Å². The Morgan fingerprint density at radius 2 is 1.70 bits per heavy atom. The summed E-state index contributed by atoms with van der Waals surface area (Å²) < 4.78 is 28.5. The van der Waals surface area contributed by atoms with Crippen LogP contribution in [-0.4, -0.2) is 67.3 Å². The molecule has 180 valence electrons. The van der Waals surface area contributed by atoms with Gasteiger partial charge in [0.15, 0.2) is 0 Å². The van der Waals surface area contributed by atoms with E-state index in [1.807, 2.05) is 4.90 Å². The number of sulfonamides is 1. The zero-order valence-electron chi connectivity index (χ0n) is 20.2. The third-order valence-corrected chi connectivity index (χ3v) is 9.17. The van der Waals surface area contributed by atoms with Gasteiger partial charge in [-0.3, -0.25) is 4.79 Å². The molecule has 2 fully saturated rings. The lowest BCUT2D eigenvalue weighted by molar-refractivity contribution is 0.0720. The van der Waals surface area contributed by atoms with Gasteiger partial charge < -0.3 is 14.8 Å². The number of hydrogen-bond acceptors (Lipinski definition) is 4. The van der Waals surface area contributed by atoms with Gasteiger partial charge in [-0.05, 0) is 63.8 Å². The number of piperazine rings is 1. The van der Waals surface area contributed by atoms with Crippen LogP contribution in [0.15, 0.2) is 29.2 Å². The Morgan fingerprint density at radius 1 is 1.00 bits per heavy atom. The average molecular weight is 473 g/mol. The average Bonchev–Trinajstić information content (AvgIpc) is 2.95. The second-order valence-corrected chi connectivity index (χ2v) is 11.4. The highest BCUT2D eigenvalue weighted by molar-refractivity contribution is 7.89. The highest BCUT2D eigenvalue weighted by atomic mass is 32.2. The Kier molecular flexibility index (Phi) is 6.86. The summed E-state index contributed by atoms with van der Waals surface area (Å²) >= 11 is 0. The summed E-state index contributed by atoms with van der Waals surface area (Å²) in [5.74, 6) is -0.122. The van der Waals surface area contributed by atoms with Gasteiger partial charge in [-0.25, -0.2) is 8.42 Å². The van der Waals surface area contributed by atoms with Crippen LogP contribution in [0.3, 0.4) is 0 Å². The normalized spacial score (nSPS) is 20.7. The maximum Gasteiger partial charge on any atom is 0.270 e. The molecule has 33 heavy (non-hydrogen) atoms. The summed E-state index contributed by atoms with van der Waals surface area (Å²) in [5, 5.41) is 0. The molecule has 1 amide bonds. The number of aromatic nitrogens is 1. The van der Waals surface area contributed by atoms with E-state index >= 15 is 0 Å². The number of rotatable bonds is 4. The van der Waals surface area contributed by atoms with Gasteiger partial charge in [-0.15, -0.1) is 0 Å². The summed E-state index contributed by atoms with van der Waals surface area (Å²) in [6, 6.07) is 8.60. The van der Waals surface area contributed by atoms with Crippen molar-refractivity contribution in [2.24, 2.45) is 0 Å². The Morgan fingerprint density at radius 3 is 2.33 bits per heavy atom. The summed E-state index contributed by atoms with van der Waals surface area (Å²) in [7, 11) is -3.63. The zero-order chi connectivity index (χ0) is 23.8. The number of carbonyl (C=O) groups excluding carboxylic acids is 1. The molecule has 0 bridgehead atoms. The first-order valence-electron chi connectivity index (χ1n) is 12.0. The second kappa shape index (κ2) is 9.50. The molecule has 1 atom stereocenters. The minimum atomic E-state index is -3.63. The van der Waals surface area contributed by atoms with Gasteiger partial charge >= 0.3 is 0 Å². The van der Waals surface area contributed by atoms with E-state index in [4.69, 9.17) is 0 Å². The Hall–Kier alpha value is -2.32. The lowest BCUT2D eigenvalue weighted by Crippen LogP contribution is -2.54. The van der Waals surface area contributed by atoms with Gasteiger partial charge in [0.1, 0.15) is 10.6 Å². The summed E-state index contributed by atoms with van der Waals surface area (Å²) in [5.41, 5.74) is 3.88. The lowest BCUT2D eigenvalue weighted by atomic mass is 10.1. The van der Waals surface area contributed by atoms with Crippen LogP contribution in [0.4, 0.5) is 5.69 Å². The Labute approximate surface area is 197 Å². The first-order chi connectivity index (χ1) is 15.7. The number of benzene rings is 1.